The molecule has 0 aliphatic carbocycles. The van der Waals surface area contributed by atoms with E-state index in [1.165, 1.54) is 0 Å². The summed E-state index contributed by atoms with van der Waals surface area (Å²) in [5, 5.41) is 5.39. The maximum atomic E-state index is 11.7. The van der Waals surface area contributed by atoms with Gasteiger partial charge in [-0.3, -0.25) is 10.6 Å². The summed E-state index contributed by atoms with van der Waals surface area (Å²) < 4.78 is 10.4. The third kappa shape index (κ3) is 15.1. The van der Waals surface area contributed by atoms with Gasteiger partial charge in [-0.1, -0.05) is 73.9 Å². The van der Waals surface area contributed by atoms with E-state index in [0.29, 0.717) is 13.2 Å². The summed E-state index contributed by atoms with van der Waals surface area (Å²) >= 11 is 0. The molecule has 0 saturated heterocycles. The van der Waals surface area contributed by atoms with Crippen LogP contribution in [0.5, 0.6) is 0 Å². The van der Waals surface area contributed by atoms with E-state index in [9.17, 15) is 9.59 Å². The summed E-state index contributed by atoms with van der Waals surface area (Å²) in [5.41, 5.74) is 1.47. The van der Waals surface area contributed by atoms with Gasteiger partial charge in [0.2, 0.25) is 0 Å². The van der Waals surface area contributed by atoms with Crippen molar-refractivity contribution in [2.75, 3.05) is 23.8 Å². The largest absolute Gasteiger partial charge is 0.449 e. The minimum atomic E-state index is -0.414. The quantitative estimate of drug-likeness (QED) is 0.215. The van der Waals surface area contributed by atoms with Crippen LogP contribution in [0.1, 0.15) is 64.2 Å². The Hall–Kier alpha value is -3.90. The highest BCUT2D eigenvalue weighted by atomic mass is 16.6. The van der Waals surface area contributed by atoms with Crippen molar-refractivity contribution in [3.05, 3.63) is 60.7 Å². The molecule has 190 valence electrons. The van der Waals surface area contributed by atoms with E-state index in [1.54, 1.807) is 0 Å². The molecule has 0 bridgehead atoms. The van der Waals surface area contributed by atoms with Gasteiger partial charge in [0.05, 0.1) is 13.2 Å². The predicted octanol–water partition coefficient (Wildman–Crippen LogP) is 7.39. The van der Waals surface area contributed by atoms with E-state index in [4.69, 9.17) is 9.47 Å². The SMILES string of the molecule is O=C(Nc1ccccc1)OCCCCCCC#CC#CCCCCCCOC(=O)Nc1ccccc1. The van der Waals surface area contributed by atoms with Crippen LogP contribution in [-0.4, -0.2) is 25.4 Å². The average molecular weight is 489 g/mol. The van der Waals surface area contributed by atoms with E-state index in [2.05, 4.69) is 34.3 Å². The molecule has 2 amide bonds. The number of hydrogen-bond donors (Lipinski definition) is 2. The fourth-order valence-corrected chi connectivity index (χ4v) is 3.23. The van der Waals surface area contributed by atoms with Crippen molar-refractivity contribution in [3.8, 4) is 23.7 Å². The predicted molar refractivity (Wildman–Crippen MR) is 145 cm³/mol. The molecule has 0 fully saturated rings. The first-order valence-corrected chi connectivity index (χ1v) is 12.7. The second kappa shape index (κ2) is 19.4. The van der Waals surface area contributed by atoms with Crippen LogP contribution in [0.3, 0.4) is 0 Å². The lowest BCUT2D eigenvalue weighted by Gasteiger charge is -2.06. The van der Waals surface area contributed by atoms with E-state index in [-0.39, 0.29) is 0 Å². The van der Waals surface area contributed by atoms with Crippen LogP contribution < -0.4 is 10.6 Å². The maximum absolute atomic E-state index is 11.7. The molecule has 6 heteroatoms. The molecular weight excluding hydrogens is 452 g/mol. The Morgan fingerprint density at radius 2 is 0.944 bits per heavy atom. The molecule has 0 aliphatic heterocycles. The minimum Gasteiger partial charge on any atom is -0.449 e. The lowest BCUT2D eigenvalue weighted by Crippen LogP contribution is -2.14. The fraction of sp³-hybridized carbons (Fsp3) is 0.400. The minimum absolute atomic E-state index is 0.414. The number of anilines is 2. The Morgan fingerprint density at radius 3 is 1.36 bits per heavy atom. The average Bonchev–Trinajstić information content (AvgIpc) is 2.89. The molecule has 0 heterocycles. The first-order valence-electron chi connectivity index (χ1n) is 12.7. The smallest absolute Gasteiger partial charge is 0.411 e. The molecule has 6 nitrogen and oxygen atoms in total. The Kier molecular flexibility index (Phi) is 15.3. The third-order valence-electron chi connectivity index (χ3n) is 5.14. The lowest BCUT2D eigenvalue weighted by atomic mass is 10.1. The maximum Gasteiger partial charge on any atom is 0.411 e. The number of amides is 2. The second-order valence-electron chi connectivity index (χ2n) is 8.19. The molecule has 2 aromatic carbocycles. The molecule has 0 atom stereocenters. The molecule has 0 spiro atoms. The highest BCUT2D eigenvalue weighted by Gasteiger charge is 2.02. The summed E-state index contributed by atoms with van der Waals surface area (Å²) in [7, 11) is 0. The summed E-state index contributed by atoms with van der Waals surface area (Å²) in [6, 6.07) is 18.5. The number of ether oxygens (including phenoxy) is 2. The van der Waals surface area contributed by atoms with Crippen LogP contribution in [0, 0.1) is 23.7 Å². The first kappa shape index (κ1) is 28.3. The summed E-state index contributed by atoms with van der Waals surface area (Å²) in [6.45, 7) is 0.846. The van der Waals surface area contributed by atoms with Crippen molar-refractivity contribution >= 4 is 23.6 Å². The van der Waals surface area contributed by atoms with Crippen LogP contribution >= 0.6 is 0 Å². The topological polar surface area (TPSA) is 76.7 Å². The highest BCUT2D eigenvalue weighted by Crippen LogP contribution is 2.08. The first-order chi connectivity index (χ1) is 17.7. The number of rotatable bonds is 14. The highest BCUT2D eigenvalue weighted by molar-refractivity contribution is 5.84. The zero-order chi connectivity index (χ0) is 25.5. The Labute approximate surface area is 215 Å². The number of carbonyl (C=O) groups is 2. The van der Waals surface area contributed by atoms with Crippen molar-refractivity contribution in [1.29, 1.82) is 0 Å². The second-order valence-corrected chi connectivity index (χ2v) is 8.19. The number of hydrogen-bond acceptors (Lipinski definition) is 4. The van der Waals surface area contributed by atoms with Crippen LogP contribution in [-0.2, 0) is 9.47 Å². The van der Waals surface area contributed by atoms with Gasteiger partial charge in [0, 0.05) is 24.2 Å². The van der Waals surface area contributed by atoms with Gasteiger partial charge in [-0.05, 0) is 61.8 Å². The van der Waals surface area contributed by atoms with Gasteiger partial charge in [0.1, 0.15) is 0 Å². The number of nitrogens with one attached hydrogen (secondary N) is 2. The van der Waals surface area contributed by atoms with E-state index in [1.807, 2.05) is 60.7 Å². The Morgan fingerprint density at radius 1 is 0.556 bits per heavy atom. The molecule has 2 N–H and O–H groups in total. The number of para-hydroxylation sites is 2. The Bertz CT molecular complexity index is 918. The van der Waals surface area contributed by atoms with Gasteiger partial charge < -0.3 is 9.47 Å². The van der Waals surface area contributed by atoms with Gasteiger partial charge in [-0.25, -0.2) is 9.59 Å². The number of benzene rings is 2. The molecule has 0 radical (unpaired) electrons. The van der Waals surface area contributed by atoms with Crippen LogP contribution in [0.25, 0.3) is 0 Å². The zero-order valence-electron chi connectivity index (χ0n) is 20.9. The van der Waals surface area contributed by atoms with Gasteiger partial charge >= 0.3 is 12.2 Å². The van der Waals surface area contributed by atoms with Gasteiger partial charge in [-0.15, -0.1) is 0 Å². The third-order valence-corrected chi connectivity index (χ3v) is 5.14. The van der Waals surface area contributed by atoms with Crippen LogP contribution in [0.2, 0.25) is 0 Å². The standard InChI is InChI=1S/C30H36N2O4/c33-29(31-27-21-15-13-16-22-27)35-25-19-11-9-7-5-3-1-2-4-6-8-10-12-20-26-36-30(34)32-28-23-17-14-18-24-28/h13-18,21-24H,5-12,19-20,25-26H2,(H,31,33)(H,32,34). The van der Waals surface area contributed by atoms with E-state index < -0.39 is 12.2 Å². The zero-order valence-corrected chi connectivity index (χ0v) is 20.9. The summed E-state index contributed by atoms with van der Waals surface area (Å²) in [6.07, 6.45) is 8.73. The summed E-state index contributed by atoms with van der Waals surface area (Å²) in [5.74, 6) is 12.0. The molecule has 0 saturated carbocycles. The molecule has 0 aliphatic rings. The van der Waals surface area contributed by atoms with Gasteiger partial charge in [0.15, 0.2) is 0 Å². The van der Waals surface area contributed by atoms with Gasteiger partial charge in [0.25, 0.3) is 0 Å². The molecule has 2 aromatic rings. The van der Waals surface area contributed by atoms with E-state index >= 15 is 0 Å². The molecular formula is C30H36N2O4. The Balaban J connectivity index is 1.33. The van der Waals surface area contributed by atoms with Crippen LogP contribution in [0.15, 0.2) is 60.7 Å². The lowest BCUT2D eigenvalue weighted by molar-refractivity contribution is 0.158. The molecule has 36 heavy (non-hydrogen) atoms. The number of unbranched alkanes of at least 4 members (excludes halogenated alkanes) is 8. The van der Waals surface area contributed by atoms with Crippen molar-refractivity contribution in [3.63, 3.8) is 0 Å². The molecule has 2 rings (SSSR count). The monoisotopic (exact) mass is 488 g/mol. The fourth-order valence-electron chi connectivity index (χ4n) is 3.23. The normalized spacial score (nSPS) is 9.67. The molecule has 0 unspecified atom stereocenters. The van der Waals surface area contributed by atoms with Crippen LogP contribution in [0.4, 0.5) is 21.0 Å². The number of carbonyl (C=O) groups excluding carboxylic acids is 2. The van der Waals surface area contributed by atoms with Crippen molar-refractivity contribution in [2.45, 2.75) is 64.2 Å². The van der Waals surface area contributed by atoms with Crippen molar-refractivity contribution < 1.29 is 19.1 Å². The molecule has 0 aromatic heterocycles. The van der Waals surface area contributed by atoms with Crippen molar-refractivity contribution in [1.82, 2.24) is 0 Å². The van der Waals surface area contributed by atoms with E-state index in [0.717, 1.165) is 75.6 Å². The van der Waals surface area contributed by atoms with Crippen molar-refractivity contribution in [2.24, 2.45) is 0 Å². The summed E-state index contributed by atoms with van der Waals surface area (Å²) in [4.78, 5) is 23.3. The van der Waals surface area contributed by atoms with Gasteiger partial charge in [-0.2, -0.15) is 0 Å².